The van der Waals surface area contributed by atoms with Crippen LogP contribution < -0.4 is 5.32 Å². The average Bonchev–Trinajstić information content (AvgIpc) is 2.05. The Morgan fingerprint density at radius 3 is 2.77 bits per heavy atom. The van der Waals surface area contributed by atoms with Gasteiger partial charge in [-0.1, -0.05) is 6.08 Å². The van der Waals surface area contributed by atoms with Crippen LogP contribution in [-0.4, -0.2) is 30.3 Å². The summed E-state index contributed by atoms with van der Waals surface area (Å²) in [5.41, 5.74) is 0. The first-order valence-electron chi connectivity index (χ1n) is 3.95. The van der Waals surface area contributed by atoms with Crippen molar-refractivity contribution in [2.75, 3.05) is 13.2 Å². The van der Waals surface area contributed by atoms with Gasteiger partial charge in [0.05, 0.1) is 6.61 Å². The second kappa shape index (κ2) is 7.30. The Labute approximate surface area is 76.4 Å². The number of aliphatic hydroxyl groups excluding tert-OH is 1. The van der Waals surface area contributed by atoms with Crippen molar-refractivity contribution in [3.8, 4) is 0 Å². The van der Waals surface area contributed by atoms with E-state index in [1.54, 1.807) is 6.92 Å². The first-order chi connectivity index (χ1) is 6.20. The highest BCUT2D eigenvalue weighted by Gasteiger charge is 2.03. The standard InChI is InChI=1S/C8H13NO4/c1-2-13-8(12)9-7(11)5-3-4-6-10/h3,5,10H,2,4,6H2,1H3,(H,9,11,12). The van der Waals surface area contributed by atoms with Crippen molar-refractivity contribution in [1.82, 2.24) is 5.32 Å². The molecule has 0 spiro atoms. The van der Waals surface area contributed by atoms with E-state index in [1.807, 2.05) is 5.32 Å². The number of imide groups is 1. The summed E-state index contributed by atoms with van der Waals surface area (Å²) in [6.45, 7) is 1.84. The van der Waals surface area contributed by atoms with Gasteiger partial charge >= 0.3 is 6.09 Å². The lowest BCUT2D eigenvalue weighted by Gasteiger charge is -1.99. The molecule has 74 valence electrons. The summed E-state index contributed by atoms with van der Waals surface area (Å²) in [4.78, 5) is 21.5. The fourth-order valence-electron chi connectivity index (χ4n) is 0.574. The number of carbonyl (C=O) groups is 2. The molecule has 5 heteroatoms. The topological polar surface area (TPSA) is 75.6 Å². The van der Waals surface area contributed by atoms with Crippen molar-refractivity contribution in [2.45, 2.75) is 13.3 Å². The van der Waals surface area contributed by atoms with Crippen LogP contribution in [0.2, 0.25) is 0 Å². The number of nitrogens with one attached hydrogen (secondary N) is 1. The third-order valence-electron chi connectivity index (χ3n) is 1.07. The maximum atomic E-state index is 10.8. The molecular formula is C8H13NO4. The van der Waals surface area contributed by atoms with E-state index in [0.29, 0.717) is 6.42 Å². The number of hydrogen-bond donors (Lipinski definition) is 2. The van der Waals surface area contributed by atoms with Crippen molar-refractivity contribution >= 4 is 12.0 Å². The van der Waals surface area contributed by atoms with Crippen LogP contribution in [0.15, 0.2) is 12.2 Å². The minimum atomic E-state index is -0.763. The van der Waals surface area contributed by atoms with Crippen LogP contribution >= 0.6 is 0 Å². The van der Waals surface area contributed by atoms with Crippen LogP contribution in [0.3, 0.4) is 0 Å². The Kier molecular flexibility index (Phi) is 6.53. The largest absolute Gasteiger partial charge is 0.450 e. The highest BCUT2D eigenvalue weighted by Crippen LogP contribution is 1.82. The van der Waals surface area contributed by atoms with Gasteiger partial charge in [-0.2, -0.15) is 0 Å². The molecule has 0 aromatic rings. The fourth-order valence-corrected chi connectivity index (χ4v) is 0.574. The molecular weight excluding hydrogens is 174 g/mol. The van der Waals surface area contributed by atoms with Gasteiger partial charge in [0.15, 0.2) is 0 Å². The minimum absolute atomic E-state index is 0.0246. The Hall–Kier alpha value is -1.36. The Morgan fingerprint density at radius 1 is 1.54 bits per heavy atom. The maximum Gasteiger partial charge on any atom is 0.414 e. The van der Waals surface area contributed by atoms with Crippen molar-refractivity contribution in [3.05, 3.63) is 12.2 Å². The molecule has 0 radical (unpaired) electrons. The molecule has 0 unspecified atom stereocenters. The lowest BCUT2D eigenvalue weighted by atomic mass is 10.4. The van der Waals surface area contributed by atoms with E-state index in [2.05, 4.69) is 4.74 Å². The van der Waals surface area contributed by atoms with E-state index in [4.69, 9.17) is 5.11 Å². The molecule has 0 heterocycles. The van der Waals surface area contributed by atoms with Crippen molar-refractivity contribution in [2.24, 2.45) is 0 Å². The first-order valence-corrected chi connectivity index (χ1v) is 3.95. The van der Waals surface area contributed by atoms with Gasteiger partial charge in [-0.05, 0) is 19.4 Å². The Balaban J connectivity index is 3.67. The van der Waals surface area contributed by atoms with Gasteiger partial charge in [-0.3, -0.25) is 10.1 Å². The second-order valence-electron chi connectivity index (χ2n) is 2.12. The van der Waals surface area contributed by atoms with Crippen LogP contribution in [0.1, 0.15) is 13.3 Å². The SMILES string of the molecule is CCOC(=O)NC(=O)C=CCCO. The number of hydrogen-bond acceptors (Lipinski definition) is 4. The summed E-state index contributed by atoms with van der Waals surface area (Å²) < 4.78 is 4.46. The molecule has 0 aromatic heterocycles. The third-order valence-corrected chi connectivity index (χ3v) is 1.07. The zero-order valence-electron chi connectivity index (χ0n) is 7.45. The highest BCUT2D eigenvalue weighted by atomic mass is 16.5. The van der Waals surface area contributed by atoms with Gasteiger partial charge in [0, 0.05) is 6.61 Å². The Morgan fingerprint density at radius 2 is 2.23 bits per heavy atom. The van der Waals surface area contributed by atoms with Gasteiger partial charge < -0.3 is 9.84 Å². The summed E-state index contributed by atoms with van der Waals surface area (Å²) in [6, 6.07) is 0. The summed E-state index contributed by atoms with van der Waals surface area (Å²) >= 11 is 0. The van der Waals surface area contributed by atoms with Crippen LogP contribution in [0.4, 0.5) is 4.79 Å². The molecule has 0 atom stereocenters. The molecule has 2 N–H and O–H groups in total. The minimum Gasteiger partial charge on any atom is -0.450 e. The second-order valence-corrected chi connectivity index (χ2v) is 2.12. The molecule has 0 aliphatic heterocycles. The molecule has 0 saturated carbocycles. The number of amides is 2. The number of alkyl carbamates (subject to hydrolysis) is 1. The zero-order valence-corrected chi connectivity index (χ0v) is 7.45. The summed E-state index contributed by atoms with van der Waals surface area (Å²) in [5.74, 6) is -0.549. The molecule has 2 amide bonds. The quantitative estimate of drug-likeness (QED) is 0.616. The van der Waals surface area contributed by atoms with Gasteiger partial charge in [0.1, 0.15) is 0 Å². The maximum absolute atomic E-state index is 10.8. The molecule has 0 aliphatic rings. The lowest BCUT2D eigenvalue weighted by molar-refractivity contribution is -0.115. The van der Waals surface area contributed by atoms with Gasteiger partial charge in [-0.15, -0.1) is 0 Å². The highest BCUT2D eigenvalue weighted by molar-refractivity contribution is 5.98. The first kappa shape index (κ1) is 11.6. The third kappa shape index (κ3) is 7.02. The summed E-state index contributed by atoms with van der Waals surface area (Å²) in [5, 5.41) is 10.3. The number of carbonyl (C=O) groups excluding carboxylic acids is 2. The molecule has 0 bridgehead atoms. The number of ether oxygens (including phenoxy) is 1. The van der Waals surface area contributed by atoms with Gasteiger partial charge in [0.25, 0.3) is 5.91 Å². The van der Waals surface area contributed by atoms with Crippen molar-refractivity contribution in [1.29, 1.82) is 0 Å². The van der Waals surface area contributed by atoms with E-state index in [-0.39, 0.29) is 13.2 Å². The molecule has 13 heavy (non-hydrogen) atoms. The predicted molar refractivity (Wildman–Crippen MR) is 46.0 cm³/mol. The normalized spacial score (nSPS) is 10.0. The van der Waals surface area contributed by atoms with Crippen molar-refractivity contribution < 1.29 is 19.4 Å². The molecule has 0 aliphatic carbocycles. The van der Waals surface area contributed by atoms with Crippen LogP contribution in [0.5, 0.6) is 0 Å². The predicted octanol–water partition coefficient (Wildman–Crippen LogP) is 0.198. The van der Waals surface area contributed by atoms with Crippen LogP contribution in [0.25, 0.3) is 0 Å². The number of rotatable bonds is 4. The van der Waals surface area contributed by atoms with E-state index in [9.17, 15) is 9.59 Å². The fraction of sp³-hybridized carbons (Fsp3) is 0.500. The van der Waals surface area contributed by atoms with Gasteiger partial charge in [0.2, 0.25) is 0 Å². The van der Waals surface area contributed by atoms with E-state index in [0.717, 1.165) is 0 Å². The molecule has 5 nitrogen and oxygen atoms in total. The van der Waals surface area contributed by atoms with E-state index >= 15 is 0 Å². The Bertz CT molecular complexity index is 200. The lowest BCUT2D eigenvalue weighted by Crippen LogP contribution is -2.29. The summed E-state index contributed by atoms with van der Waals surface area (Å²) in [7, 11) is 0. The smallest absolute Gasteiger partial charge is 0.414 e. The van der Waals surface area contributed by atoms with E-state index < -0.39 is 12.0 Å². The van der Waals surface area contributed by atoms with E-state index in [1.165, 1.54) is 12.2 Å². The molecule has 0 rings (SSSR count). The van der Waals surface area contributed by atoms with Crippen LogP contribution in [-0.2, 0) is 9.53 Å². The van der Waals surface area contributed by atoms with Gasteiger partial charge in [-0.25, -0.2) is 4.79 Å². The van der Waals surface area contributed by atoms with Crippen LogP contribution in [0, 0.1) is 0 Å². The zero-order chi connectivity index (χ0) is 10.1. The van der Waals surface area contributed by atoms with Crippen molar-refractivity contribution in [3.63, 3.8) is 0 Å². The molecule has 0 aromatic carbocycles. The molecule has 0 saturated heterocycles. The monoisotopic (exact) mass is 187 g/mol. The molecule has 0 fully saturated rings. The number of aliphatic hydroxyl groups is 1. The average molecular weight is 187 g/mol. The summed E-state index contributed by atoms with van der Waals surface area (Å²) in [6.07, 6.45) is 2.26.